The number of nitrogens with zero attached hydrogens (tertiary/aromatic N) is 3. The van der Waals surface area contributed by atoms with Gasteiger partial charge in [-0.25, -0.2) is 4.39 Å². The highest BCUT2D eigenvalue weighted by Crippen LogP contribution is 2.32. The van der Waals surface area contributed by atoms with Gasteiger partial charge in [-0.05, 0) is 54.4 Å². The molecule has 0 radical (unpaired) electrons. The zero-order valence-corrected chi connectivity index (χ0v) is 21.0. The molecule has 7 nitrogen and oxygen atoms in total. The minimum absolute atomic E-state index is 0. The first-order valence-electron chi connectivity index (χ1n) is 11.1. The van der Waals surface area contributed by atoms with Crippen LogP contribution in [0.4, 0.5) is 4.39 Å². The zero-order valence-electron chi connectivity index (χ0n) is 20.2. The van der Waals surface area contributed by atoms with Gasteiger partial charge in [-0.15, -0.1) is 12.4 Å². The van der Waals surface area contributed by atoms with E-state index >= 15 is 0 Å². The number of carbonyl (C=O) groups is 1. The van der Waals surface area contributed by atoms with Crippen LogP contribution in [0.1, 0.15) is 16.7 Å². The molecule has 1 N–H and O–H groups in total. The van der Waals surface area contributed by atoms with Crippen molar-refractivity contribution in [3.63, 3.8) is 0 Å². The van der Waals surface area contributed by atoms with Crippen molar-refractivity contribution in [2.75, 3.05) is 20.7 Å². The number of aryl methyl sites for hydroxylation is 1. The van der Waals surface area contributed by atoms with Gasteiger partial charge in [-0.2, -0.15) is 4.98 Å². The van der Waals surface area contributed by atoms with Crippen molar-refractivity contribution in [2.24, 2.45) is 0 Å². The molecule has 1 aromatic heterocycles. The van der Waals surface area contributed by atoms with Crippen molar-refractivity contribution in [3.05, 3.63) is 83.2 Å². The van der Waals surface area contributed by atoms with Gasteiger partial charge in [-0.3, -0.25) is 9.69 Å². The van der Waals surface area contributed by atoms with Crippen LogP contribution < -0.4 is 0 Å². The van der Waals surface area contributed by atoms with E-state index < -0.39 is 11.8 Å². The van der Waals surface area contributed by atoms with E-state index in [9.17, 15) is 9.18 Å². The third-order valence-corrected chi connectivity index (χ3v) is 5.67. The summed E-state index contributed by atoms with van der Waals surface area (Å²) in [6.45, 7) is 2.48. The van der Waals surface area contributed by atoms with Crippen LogP contribution in [0, 0.1) is 12.7 Å². The number of aromatic nitrogens is 2. The first kappa shape index (κ1) is 27.0. The van der Waals surface area contributed by atoms with Crippen LogP contribution in [-0.2, 0) is 22.7 Å². The Balaban J connectivity index is 0.00000361. The minimum atomic E-state index is -0.968. The lowest BCUT2D eigenvalue weighted by Crippen LogP contribution is -2.25. The molecule has 0 fully saturated rings. The molecule has 0 saturated carbocycles. The van der Waals surface area contributed by atoms with Gasteiger partial charge in [0.2, 0.25) is 5.82 Å². The molecular formula is C27H27ClFN3O4. The van der Waals surface area contributed by atoms with Crippen LogP contribution >= 0.6 is 12.4 Å². The fraction of sp³-hybridized carbons (Fsp3) is 0.222. The van der Waals surface area contributed by atoms with Crippen molar-refractivity contribution < 1.29 is 23.6 Å². The van der Waals surface area contributed by atoms with Gasteiger partial charge in [0.1, 0.15) is 5.82 Å². The number of benzene rings is 3. The fourth-order valence-electron chi connectivity index (χ4n) is 3.99. The molecule has 1 heterocycles. The van der Waals surface area contributed by atoms with Gasteiger partial charge in [-0.1, -0.05) is 47.6 Å². The van der Waals surface area contributed by atoms with Gasteiger partial charge in [0.25, 0.3) is 5.89 Å². The molecule has 4 aromatic rings. The van der Waals surface area contributed by atoms with Crippen LogP contribution in [0.5, 0.6) is 0 Å². The molecule has 0 aliphatic carbocycles. The number of rotatable bonds is 9. The maximum Gasteiger partial charge on any atom is 0.317 e. The van der Waals surface area contributed by atoms with E-state index in [-0.39, 0.29) is 31.3 Å². The number of carboxylic acids is 1. The molecule has 3 aromatic carbocycles. The first-order valence-corrected chi connectivity index (χ1v) is 11.1. The Hall–Kier alpha value is -3.59. The summed E-state index contributed by atoms with van der Waals surface area (Å²) >= 11 is 0. The standard InChI is InChI=1S/C27H26FN3O4.ClH/c1-17-6-4-5-7-22(17)23-11-10-19(12-21(23)16-34-3)27-29-26(30-35-27)18-8-9-20(24(28)13-18)14-31(2)15-25(32)33;/h4-13H,14-16H2,1-3H3,(H,32,33);1H. The predicted octanol–water partition coefficient (Wildman–Crippen LogP) is 5.60. The molecule has 0 bridgehead atoms. The molecule has 0 aliphatic rings. The SMILES string of the molecule is COCc1cc(-c2nc(-c3ccc(CN(C)CC(=O)O)c(F)c3)no2)ccc1-c1ccccc1C.Cl. The van der Waals surface area contributed by atoms with Gasteiger partial charge in [0.15, 0.2) is 0 Å². The number of hydrogen-bond acceptors (Lipinski definition) is 6. The second kappa shape index (κ2) is 11.9. The highest BCUT2D eigenvalue weighted by Gasteiger charge is 2.16. The maximum atomic E-state index is 14.7. The van der Waals surface area contributed by atoms with Gasteiger partial charge < -0.3 is 14.4 Å². The summed E-state index contributed by atoms with van der Waals surface area (Å²) in [5.74, 6) is -0.847. The van der Waals surface area contributed by atoms with E-state index in [4.69, 9.17) is 14.4 Å². The summed E-state index contributed by atoms with van der Waals surface area (Å²) in [5, 5.41) is 12.9. The predicted molar refractivity (Wildman–Crippen MR) is 137 cm³/mol. The van der Waals surface area contributed by atoms with Crippen LogP contribution in [0.2, 0.25) is 0 Å². The van der Waals surface area contributed by atoms with E-state index in [0.29, 0.717) is 23.6 Å². The maximum absolute atomic E-state index is 14.7. The summed E-state index contributed by atoms with van der Waals surface area (Å²) < 4.78 is 25.6. The average Bonchev–Trinajstić information content (AvgIpc) is 3.31. The molecule has 0 atom stereocenters. The Kier molecular flexibility index (Phi) is 8.93. The Morgan fingerprint density at radius 2 is 1.81 bits per heavy atom. The number of ether oxygens (including phenoxy) is 1. The van der Waals surface area contributed by atoms with Crippen LogP contribution in [-0.4, -0.2) is 46.8 Å². The molecule has 0 amide bonds. The summed E-state index contributed by atoms with van der Waals surface area (Å²) in [7, 11) is 3.27. The number of hydrogen-bond donors (Lipinski definition) is 1. The summed E-state index contributed by atoms with van der Waals surface area (Å²) in [5.41, 5.74) is 5.94. The zero-order chi connectivity index (χ0) is 24.9. The Morgan fingerprint density at radius 3 is 2.50 bits per heavy atom. The number of methoxy groups -OCH3 is 1. The van der Waals surface area contributed by atoms with Crippen LogP contribution in [0.25, 0.3) is 34.0 Å². The number of carboxylic acid groups (broad SMARTS) is 1. The third-order valence-electron chi connectivity index (χ3n) is 5.67. The minimum Gasteiger partial charge on any atom is -0.480 e. The van der Waals surface area contributed by atoms with Crippen molar-refractivity contribution in [3.8, 4) is 34.0 Å². The van der Waals surface area contributed by atoms with E-state index in [1.54, 1.807) is 26.3 Å². The van der Waals surface area contributed by atoms with Crippen molar-refractivity contribution >= 4 is 18.4 Å². The molecule has 4 rings (SSSR count). The van der Waals surface area contributed by atoms with Crippen molar-refractivity contribution in [1.82, 2.24) is 15.0 Å². The second-order valence-electron chi connectivity index (χ2n) is 8.42. The smallest absolute Gasteiger partial charge is 0.317 e. The number of halogens is 2. The number of likely N-dealkylation sites (N-methyl/N-ethyl adjacent to an activating group) is 1. The van der Waals surface area contributed by atoms with Gasteiger partial charge >= 0.3 is 5.97 Å². The van der Waals surface area contributed by atoms with E-state index in [1.165, 1.54) is 11.0 Å². The lowest BCUT2D eigenvalue weighted by molar-refractivity contribution is -0.138. The molecule has 188 valence electrons. The first-order chi connectivity index (χ1) is 16.9. The highest BCUT2D eigenvalue weighted by atomic mass is 35.5. The molecule has 0 saturated heterocycles. The largest absolute Gasteiger partial charge is 0.480 e. The Bertz CT molecular complexity index is 1360. The second-order valence-corrected chi connectivity index (χ2v) is 8.42. The highest BCUT2D eigenvalue weighted by molar-refractivity contribution is 5.85. The van der Waals surface area contributed by atoms with Crippen molar-refractivity contribution in [1.29, 1.82) is 0 Å². The van der Waals surface area contributed by atoms with Gasteiger partial charge in [0, 0.05) is 30.3 Å². The Morgan fingerprint density at radius 1 is 1.06 bits per heavy atom. The lowest BCUT2D eigenvalue weighted by atomic mass is 9.94. The normalized spacial score (nSPS) is 10.9. The van der Waals surface area contributed by atoms with Crippen LogP contribution in [0.15, 0.2) is 65.2 Å². The van der Waals surface area contributed by atoms with E-state index in [2.05, 4.69) is 29.2 Å². The summed E-state index contributed by atoms with van der Waals surface area (Å²) in [6, 6.07) is 18.7. The number of aliphatic carboxylic acids is 1. The molecule has 36 heavy (non-hydrogen) atoms. The summed E-state index contributed by atoms with van der Waals surface area (Å²) in [6.07, 6.45) is 0. The summed E-state index contributed by atoms with van der Waals surface area (Å²) in [4.78, 5) is 16.8. The fourth-order valence-corrected chi connectivity index (χ4v) is 3.99. The van der Waals surface area contributed by atoms with Gasteiger partial charge in [0.05, 0.1) is 13.2 Å². The topological polar surface area (TPSA) is 88.7 Å². The van der Waals surface area contributed by atoms with Crippen LogP contribution in [0.3, 0.4) is 0 Å². The molecule has 0 aliphatic heterocycles. The van der Waals surface area contributed by atoms with E-state index in [0.717, 1.165) is 27.8 Å². The molecule has 0 spiro atoms. The van der Waals surface area contributed by atoms with Crippen molar-refractivity contribution in [2.45, 2.75) is 20.1 Å². The quantitative estimate of drug-likeness (QED) is 0.313. The molecule has 9 heteroatoms. The third kappa shape index (κ3) is 6.15. The monoisotopic (exact) mass is 511 g/mol. The lowest BCUT2D eigenvalue weighted by Gasteiger charge is -2.14. The average molecular weight is 512 g/mol. The van der Waals surface area contributed by atoms with E-state index in [1.807, 2.05) is 30.3 Å². The Labute approximate surface area is 214 Å². The molecule has 0 unspecified atom stereocenters. The molecular weight excluding hydrogens is 485 g/mol.